The second kappa shape index (κ2) is 8.83. The highest BCUT2D eigenvalue weighted by atomic mass is 16.5. The molecular formula is C21H23N5O3. The van der Waals surface area contributed by atoms with E-state index < -0.39 is 0 Å². The summed E-state index contributed by atoms with van der Waals surface area (Å²) in [7, 11) is 3.29. The minimum atomic E-state index is -0.0677. The Bertz CT molecular complexity index is 962. The van der Waals surface area contributed by atoms with Gasteiger partial charge in [0.05, 0.1) is 31.8 Å². The minimum absolute atomic E-state index is 0.0677. The molecule has 8 heteroatoms. The minimum Gasteiger partial charge on any atom is -0.497 e. The molecule has 0 aliphatic carbocycles. The molecule has 0 amide bonds. The zero-order valence-corrected chi connectivity index (χ0v) is 16.5. The van der Waals surface area contributed by atoms with E-state index in [-0.39, 0.29) is 6.10 Å². The number of ether oxygens (including phenoxy) is 3. The Balaban J connectivity index is 1.61. The first kappa shape index (κ1) is 19.1. The van der Waals surface area contributed by atoms with Gasteiger partial charge in [-0.05, 0) is 31.0 Å². The second-order valence-electron chi connectivity index (χ2n) is 6.62. The van der Waals surface area contributed by atoms with Crippen LogP contribution in [0.4, 0.5) is 5.95 Å². The van der Waals surface area contributed by atoms with E-state index in [1.54, 1.807) is 39.0 Å². The highest BCUT2D eigenvalue weighted by Crippen LogP contribution is 2.34. The zero-order chi connectivity index (χ0) is 20.1. The number of methoxy groups -OCH3 is 2. The van der Waals surface area contributed by atoms with Crippen LogP contribution >= 0.6 is 0 Å². The van der Waals surface area contributed by atoms with Gasteiger partial charge in [-0.25, -0.2) is 9.97 Å². The molecule has 3 heterocycles. The van der Waals surface area contributed by atoms with E-state index in [0.717, 1.165) is 53.5 Å². The van der Waals surface area contributed by atoms with Gasteiger partial charge in [-0.3, -0.25) is 9.97 Å². The summed E-state index contributed by atoms with van der Waals surface area (Å²) in [5, 5.41) is 3.28. The fraction of sp³-hybridized carbons (Fsp3) is 0.333. The van der Waals surface area contributed by atoms with Crippen LogP contribution in [0.15, 0.2) is 43.0 Å². The van der Waals surface area contributed by atoms with Crippen molar-refractivity contribution < 1.29 is 14.2 Å². The highest BCUT2D eigenvalue weighted by Gasteiger charge is 2.24. The zero-order valence-electron chi connectivity index (χ0n) is 16.5. The van der Waals surface area contributed by atoms with E-state index in [1.807, 2.05) is 18.2 Å². The average Bonchev–Trinajstić information content (AvgIpc) is 3.33. The molecule has 2 aromatic heterocycles. The molecule has 1 saturated heterocycles. The first-order valence-corrected chi connectivity index (χ1v) is 9.48. The highest BCUT2D eigenvalue weighted by molar-refractivity contribution is 5.61. The van der Waals surface area contributed by atoms with Crippen LogP contribution in [0.5, 0.6) is 11.5 Å². The van der Waals surface area contributed by atoms with E-state index in [4.69, 9.17) is 19.2 Å². The number of anilines is 1. The number of aromatic nitrogens is 4. The third-order valence-corrected chi connectivity index (χ3v) is 4.82. The molecule has 1 aromatic carbocycles. The lowest BCUT2D eigenvalue weighted by Gasteiger charge is -2.16. The Morgan fingerprint density at radius 2 is 2.07 bits per heavy atom. The maximum Gasteiger partial charge on any atom is 0.223 e. The monoisotopic (exact) mass is 393 g/mol. The molecule has 3 aromatic rings. The number of nitrogens with one attached hydrogen (secondary N) is 1. The summed E-state index contributed by atoms with van der Waals surface area (Å²) in [6, 6.07) is 5.68. The normalized spacial score (nSPS) is 15.9. The fourth-order valence-electron chi connectivity index (χ4n) is 3.35. The molecule has 4 rings (SSSR count). The molecule has 0 unspecified atom stereocenters. The Kier molecular flexibility index (Phi) is 5.81. The largest absolute Gasteiger partial charge is 0.497 e. The third kappa shape index (κ3) is 4.27. The van der Waals surface area contributed by atoms with Gasteiger partial charge in [-0.2, -0.15) is 0 Å². The molecule has 0 spiro atoms. The van der Waals surface area contributed by atoms with Crippen molar-refractivity contribution in [3.63, 3.8) is 0 Å². The molecule has 0 bridgehead atoms. The third-order valence-electron chi connectivity index (χ3n) is 4.82. The summed E-state index contributed by atoms with van der Waals surface area (Å²) in [6.45, 7) is 1.23. The van der Waals surface area contributed by atoms with Gasteiger partial charge in [0.25, 0.3) is 0 Å². The lowest BCUT2D eigenvalue weighted by molar-refractivity contribution is 0.109. The number of benzene rings is 1. The maximum absolute atomic E-state index is 5.88. The summed E-state index contributed by atoms with van der Waals surface area (Å²) >= 11 is 0. The van der Waals surface area contributed by atoms with Crippen LogP contribution in [0.2, 0.25) is 0 Å². The molecule has 1 atom stereocenters. The van der Waals surface area contributed by atoms with Crippen LogP contribution in [-0.4, -0.2) is 40.8 Å². The molecule has 1 fully saturated rings. The molecule has 1 N–H and O–H groups in total. The van der Waals surface area contributed by atoms with Gasteiger partial charge in [0.1, 0.15) is 17.6 Å². The van der Waals surface area contributed by atoms with Crippen molar-refractivity contribution in [3.05, 3.63) is 54.2 Å². The Morgan fingerprint density at radius 3 is 2.79 bits per heavy atom. The molecule has 8 nitrogen and oxygen atoms in total. The molecule has 29 heavy (non-hydrogen) atoms. The van der Waals surface area contributed by atoms with Crippen molar-refractivity contribution in [1.82, 2.24) is 19.9 Å². The lowest BCUT2D eigenvalue weighted by atomic mass is 10.1. The van der Waals surface area contributed by atoms with Crippen molar-refractivity contribution in [2.75, 3.05) is 26.1 Å². The number of rotatable bonds is 7. The van der Waals surface area contributed by atoms with Crippen LogP contribution in [0.25, 0.3) is 11.3 Å². The Labute approximate surface area is 169 Å². The van der Waals surface area contributed by atoms with Gasteiger partial charge in [0, 0.05) is 42.9 Å². The molecule has 0 saturated carbocycles. The van der Waals surface area contributed by atoms with Gasteiger partial charge in [-0.15, -0.1) is 0 Å². The van der Waals surface area contributed by atoms with Crippen molar-refractivity contribution in [2.45, 2.75) is 25.5 Å². The number of hydrogen-bond donors (Lipinski definition) is 1. The fourth-order valence-corrected chi connectivity index (χ4v) is 3.35. The predicted molar refractivity (Wildman–Crippen MR) is 108 cm³/mol. The van der Waals surface area contributed by atoms with E-state index in [0.29, 0.717) is 12.5 Å². The van der Waals surface area contributed by atoms with Gasteiger partial charge >= 0.3 is 0 Å². The van der Waals surface area contributed by atoms with E-state index >= 15 is 0 Å². The van der Waals surface area contributed by atoms with Crippen molar-refractivity contribution in [3.8, 4) is 22.8 Å². The van der Waals surface area contributed by atoms with Crippen molar-refractivity contribution in [2.24, 2.45) is 0 Å². The summed E-state index contributed by atoms with van der Waals surface area (Å²) in [5.74, 6) is 2.06. The predicted octanol–water partition coefficient (Wildman–Crippen LogP) is 3.41. The van der Waals surface area contributed by atoms with E-state index in [1.165, 1.54) is 0 Å². The topological polar surface area (TPSA) is 91.3 Å². The van der Waals surface area contributed by atoms with E-state index in [9.17, 15) is 0 Å². The first-order valence-electron chi connectivity index (χ1n) is 9.48. The Hall–Kier alpha value is -3.26. The smallest absolute Gasteiger partial charge is 0.223 e. The summed E-state index contributed by atoms with van der Waals surface area (Å²) < 4.78 is 16.6. The summed E-state index contributed by atoms with van der Waals surface area (Å²) in [6.07, 6.45) is 8.67. The quantitative estimate of drug-likeness (QED) is 0.653. The molecule has 0 radical (unpaired) electrons. The van der Waals surface area contributed by atoms with Crippen LogP contribution in [0.1, 0.15) is 30.2 Å². The lowest BCUT2D eigenvalue weighted by Crippen LogP contribution is -2.10. The van der Waals surface area contributed by atoms with Crippen LogP contribution in [0, 0.1) is 0 Å². The number of nitrogens with zero attached hydrogens (tertiary/aromatic N) is 4. The summed E-state index contributed by atoms with van der Waals surface area (Å²) in [5.41, 5.74) is 3.36. The number of hydrogen-bond acceptors (Lipinski definition) is 8. The SMILES string of the molecule is COc1ccc(OC)c(CNc2ncc(-c3cnccn3)c([C@@H]3CCCO3)n2)c1. The van der Waals surface area contributed by atoms with Gasteiger partial charge in [0.2, 0.25) is 5.95 Å². The van der Waals surface area contributed by atoms with Crippen molar-refractivity contribution >= 4 is 5.95 Å². The molecule has 1 aliphatic heterocycles. The van der Waals surface area contributed by atoms with Gasteiger partial charge < -0.3 is 19.5 Å². The van der Waals surface area contributed by atoms with Gasteiger partial charge in [-0.1, -0.05) is 0 Å². The summed E-state index contributed by atoms with van der Waals surface area (Å²) in [4.78, 5) is 17.8. The first-order chi connectivity index (χ1) is 14.3. The molecular weight excluding hydrogens is 370 g/mol. The van der Waals surface area contributed by atoms with E-state index in [2.05, 4.69) is 20.3 Å². The van der Waals surface area contributed by atoms with Crippen LogP contribution in [-0.2, 0) is 11.3 Å². The average molecular weight is 393 g/mol. The van der Waals surface area contributed by atoms with Crippen LogP contribution < -0.4 is 14.8 Å². The standard InChI is InChI=1S/C21H23N5O3/c1-27-15-5-6-18(28-2)14(10-15)11-24-21-25-12-16(17-13-22-7-8-23-17)20(26-21)19-4-3-9-29-19/h5-8,10,12-13,19H,3-4,9,11H2,1-2H3,(H,24,25,26)/t19-/m0/s1. The second-order valence-corrected chi connectivity index (χ2v) is 6.62. The molecule has 1 aliphatic rings. The van der Waals surface area contributed by atoms with Gasteiger partial charge in [0.15, 0.2) is 0 Å². The van der Waals surface area contributed by atoms with Crippen molar-refractivity contribution in [1.29, 1.82) is 0 Å². The molecule has 150 valence electrons. The maximum atomic E-state index is 5.88. The van der Waals surface area contributed by atoms with Crippen LogP contribution in [0.3, 0.4) is 0 Å². The Morgan fingerprint density at radius 1 is 1.14 bits per heavy atom.